The maximum Gasteiger partial charge on any atom is 0.239 e. The third kappa shape index (κ3) is 4.28. The molecule has 5 aliphatic rings. The predicted octanol–water partition coefficient (Wildman–Crippen LogP) is -0.810. The van der Waals surface area contributed by atoms with Gasteiger partial charge in [0.25, 0.3) is 0 Å². The summed E-state index contributed by atoms with van der Waals surface area (Å²) in [6.07, 6.45) is 2.31. The molecule has 2 atom stereocenters. The molecule has 0 aliphatic carbocycles. The summed E-state index contributed by atoms with van der Waals surface area (Å²) >= 11 is 0. The number of hydrogen-bond acceptors (Lipinski definition) is 5. The second kappa shape index (κ2) is 8.97. The molecule has 0 saturated carbocycles. The number of nitrogens with one attached hydrogen (secondary N) is 1. The molecular formula is C20H37N7O. The minimum atomic E-state index is -0.00476. The van der Waals surface area contributed by atoms with Gasteiger partial charge in [-0.3, -0.25) is 24.5 Å². The van der Waals surface area contributed by atoms with Crippen molar-refractivity contribution in [3.63, 3.8) is 0 Å². The van der Waals surface area contributed by atoms with Gasteiger partial charge in [0.15, 0.2) is 5.96 Å². The van der Waals surface area contributed by atoms with Crippen LogP contribution in [0.5, 0.6) is 0 Å². The van der Waals surface area contributed by atoms with Crippen LogP contribution in [0.25, 0.3) is 0 Å². The first-order valence-electron chi connectivity index (χ1n) is 11.1. The third-order valence-electron chi connectivity index (χ3n) is 7.04. The normalized spacial score (nSPS) is 32.6. The molecule has 2 bridgehead atoms. The van der Waals surface area contributed by atoms with Crippen LogP contribution < -0.4 is 5.32 Å². The summed E-state index contributed by atoms with van der Waals surface area (Å²) in [5.41, 5.74) is 0. The number of carbonyl (C=O) groups is 1. The average molecular weight is 392 g/mol. The Morgan fingerprint density at radius 2 is 1.64 bits per heavy atom. The van der Waals surface area contributed by atoms with Gasteiger partial charge in [-0.15, -0.1) is 0 Å². The van der Waals surface area contributed by atoms with Gasteiger partial charge in [-0.1, -0.05) is 0 Å². The van der Waals surface area contributed by atoms with Gasteiger partial charge >= 0.3 is 0 Å². The van der Waals surface area contributed by atoms with Crippen LogP contribution in [0.2, 0.25) is 0 Å². The molecule has 0 radical (unpaired) electrons. The summed E-state index contributed by atoms with van der Waals surface area (Å²) in [6, 6.07) is 0.591. The van der Waals surface area contributed by atoms with E-state index in [-0.39, 0.29) is 6.04 Å². The topological polar surface area (TPSA) is 57.7 Å². The fourth-order valence-corrected chi connectivity index (χ4v) is 5.14. The largest absolute Gasteiger partial charge is 0.355 e. The number of carbonyl (C=O) groups excluding carboxylic acids is 1. The van der Waals surface area contributed by atoms with E-state index in [0.717, 1.165) is 64.6 Å². The molecule has 1 amide bonds. The van der Waals surface area contributed by atoms with E-state index in [0.29, 0.717) is 11.9 Å². The summed E-state index contributed by atoms with van der Waals surface area (Å²) < 4.78 is 0. The van der Waals surface area contributed by atoms with E-state index >= 15 is 0 Å². The second-order valence-electron chi connectivity index (χ2n) is 8.65. The Balaban J connectivity index is 1.23. The van der Waals surface area contributed by atoms with E-state index in [1.165, 1.54) is 32.7 Å². The number of rotatable bonds is 4. The lowest BCUT2D eigenvalue weighted by molar-refractivity contribution is -0.135. The Bertz CT molecular complexity index is 561. The van der Waals surface area contributed by atoms with E-state index < -0.39 is 0 Å². The van der Waals surface area contributed by atoms with Crippen molar-refractivity contribution >= 4 is 11.9 Å². The minimum absolute atomic E-state index is 0.00476. The first-order chi connectivity index (χ1) is 13.7. The van der Waals surface area contributed by atoms with Crippen LogP contribution in [-0.2, 0) is 4.79 Å². The molecule has 158 valence electrons. The summed E-state index contributed by atoms with van der Waals surface area (Å²) in [5.74, 6) is 1.32. The Labute approximate surface area is 169 Å². The molecule has 8 heteroatoms. The fraction of sp³-hybridized carbons (Fsp3) is 0.900. The smallest absolute Gasteiger partial charge is 0.239 e. The van der Waals surface area contributed by atoms with E-state index in [1.807, 2.05) is 11.9 Å². The Hall–Kier alpha value is -1.38. The molecule has 8 nitrogen and oxygen atoms in total. The zero-order valence-corrected chi connectivity index (χ0v) is 17.6. The lowest BCUT2D eigenvalue weighted by Gasteiger charge is -2.48. The van der Waals surface area contributed by atoms with Crippen molar-refractivity contribution in [2.75, 3.05) is 85.6 Å². The Morgan fingerprint density at radius 3 is 2.21 bits per heavy atom. The predicted molar refractivity (Wildman–Crippen MR) is 112 cm³/mol. The molecule has 2 unspecified atom stereocenters. The standard InChI is InChI=1S/C20H37N7O/c1-17(19(28)26-5-3-4-6-26)24-11-13-27(14-12-24)20(21-2)22-15-18-16-23-7-9-25(18)10-8-23/h17-18H,3-16H2,1-2H3,(H,21,22). The molecule has 0 spiro atoms. The van der Waals surface area contributed by atoms with E-state index in [1.54, 1.807) is 0 Å². The molecule has 0 aromatic heterocycles. The Kier molecular flexibility index (Phi) is 6.38. The zero-order chi connectivity index (χ0) is 19.5. The van der Waals surface area contributed by atoms with Crippen LogP contribution >= 0.6 is 0 Å². The number of amides is 1. The molecule has 5 aliphatic heterocycles. The van der Waals surface area contributed by atoms with Crippen molar-refractivity contribution in [3.8, 4) is 0 Å². The monoisotopic (exact) mass is 391 g/mol. The summed E-state index contributed by atoms with van der Waals surface area (Å²) in [5, 5.41) is 3.62. The molecule has 1 N–H and O–H groups in total. The first-order valence-corrected chi connectivity index (χ1v) is 11.1. The number of piperazine rings is 4. The summed E-state index contributed by atoms with van der Waals surface area (Å²) in [4.78, 5) is 29.1. The van der Waals surface area contributed by atoms with Gasteiger partial charge in [-0.05, 0) is 19.8 Å². The van der Waals surface area contributed by atoms with Gasteiger partial charge in [0.05, 0.1) is 6.04 Å². The highest BCUT2D eigenvalue weighted by Gasteiger charge is 2.33. The number of guanidine groups is 1. The van der Waals surface area contributed by atoms with Crippen LogP contribution in [0, 0.1) is 0 Å². The molecule has 28 heavy (non-hydrogen) atoms. The van der Waals surface area contributed by atoms with Gasteiger partial charge in [-0.25, -0.2) is 0 Å². The van der Waals surface area contributed by atoms with E-state index in [2.05, 4.69) is 36.8 Å². The zero-order valence-electron chi connectivity index (χ0n) is 17.6. The number of nitrogens with zero attached hydrogens (tertiary/aromatic N) is 6. The van der Waals surface area contributed by atoms with E-state index in [9.17, 15) is 4.79 Å². The van der Waals surface area contributed by atoms with Gasteiger partial charge in [0, 0.05) is 91.6 Å². The average Bonchev–Trinajstić information content (AvgIpc) is 3.29. The molecular weight excluding hydrogens is 354 g/mol. The lowest BCUT2D eigenvalue weighted by atomic mass is 10.1. The van der Waals surface area contributed by atoms with Gasteiger partial charge < -0.3 is 15.1 Å². The molecule has 5 heterocycles. The highest BCUT2D eigenvalue weighted by atomic mass is 16.2. The van der Waals surface area contributed by atoms with Crippen molar-refractivity contribution in [1.29, 1.82) is 0 Å². The lowest BCUT2D eigenvalue weighted by Crippen LogP contribution is -2.64. The van der Waals surface area contributed by atoms with Crippen LogP contribution in [0.1, 0.15) is 19.8 Å². The van der Waals surface area contributed by atoms with Crippen molar-refractivity contribution < 1.29 is 4.79 Å². The van der Waals surface area contributed by atoms with Crippen LogP contribution in [-0.4, -0.2) is 134 Å². The quantitative estimate of drug-likeness (QED) is 0.500. The van der Waals surface area contributed by atoms with Gasteiger partial charge in [0.2, 0.25) is 5.91 Å². The first kappa shape index (κ1) is 19.9. The fourth-order valence-electron chi connectivity index (χ4n) is 5.14. The molecule has 0 aromatic carbocycles. The van der Waals surface area contributed by atoms with Gasteiger partial charge in [0.1, 0.15) is 0 Å². The SMILES string of the molecule is CN=C(NCC1CN2CCN1CC2)N1CCN(C(C)C(=O)N2CCCC2)CC1. The molecule has 0 aromatic rings. The number of likely N-dealkylation sites (tertiary alicyclic amines) is 1. The highest BCUT2D eigenvalue weighted by Crippen LogP contribution is 2.16. The summed E-state index contributed by atoms with van der Waals surface area (Å²) in [7, 11) is 1.88. The number of hydrogen-bond donors (Lipinski definition) is 1. The molecule has 5 saturated heterocycles. The maximum atomic E-state index is 12.7. The van der Waals surface area contributed by atoms with Crippen molar-refractivity contribution in [1.82, 2.24) is 29.8 Å². The van der Waals surface area contributed by atoms with Crippen molar-refractivity contribution in [2.24, 2.45) is 4.99 Å². The number of aliphatic imine (C=N–C) groups is 1. The summed E-state index contributed by atoms with van der Waals surface area (Å²) in [6.45, 7) is 14.6. The second-order valence-corrected chi connectivity index (χ2v) is 8.65. The van der Waals surface area contributed by atoms with E-state index in [4.69, 9.17) is 0 Å². The van der Waals surface area contributed by atoms with Crippen LogP contribution in [0.15, 0.2) is 4.99 Å². The number of fused-ring (bicyclic) bond motifs is 3. The Morgan fingerprint density at radius 1 is 0.964 bits per heavy atom. The van der Waals surface area contributed by atoms with Gasteiger partial charge in [-0.2, -0.15) is 0 Å². The third-order valence-corrected chi connectivity index (χ3v) is 7.04. The maximum absolute atomic E-state index is 12.7. The van der Waals surface area contributed by atoms with Crippen molar-refractivity contribution in [3.05, 3.63) is 0 Å². The molecule has 5 rings (SSSR count). The van der Waals surface area contributed by atoms with Crippen LogP contribution in [0.4, 0.5) is 0 Å². The van der Waals surface area contributed by atoms with Crippen LogP contribution in [0.3, 0.4) is 0 Å². The molecule has 5 fully saturated rings. The minimum Gasteiger partial charge on any atom is -0.355 e. The van der Waals surface area contributed by atoms with Crippen molar-refractivity contribution in [2.45, 2.75) is 31.8 Å². The highest BCUT2D eigenvalue weighted by molar-refractivity contribution is 5.82.